The van der Waals surface area contributed by atoms with Gasteiger partial charge in [0.15, 0.2) is 16.6 Å². The molecule has 2 unspecified atom stereocenters. The van der Waals surface area contributed by atoms with Gasteiger partial charge in [-0.05, 0) is 45.2 Å². The molecule has 0 spiro atoms. The van der Waals surface area contributed by atoms with E-state index in [1.807, 2.05) is 13.8 Å². The van der Waals surface area contributed by atoms with E-state index in [1.165, 1.54) is 30.2 Å². The molecule has 0 aromatic heterocycles. The van der Waals surface area contributed by atoms with Gasteiger partial charge in [-0.3, -0.25) is 0 Å². The van der Waals surface area contributed by atoms with Gasteiger partial charge in [0.1, 0.15) is 0 Å². The van der Waals surface area contributed by atoms with E-state index in [0.29, 0.717) is 0 Å². The molecule has 208 valence electrons. The molecule has 0 rings (SSSR count). The van der Waals surface area contributed by atoms with Crippen LogP contribution in [-0.4, -0.2) is 66.2 Å². The smallest absolute Gasteiger partial charge is 0.185 e. The zero-order valence-corrected chi connectivity index (χ0v) is 31.2. The van der Waals surface area contributed by atoms with E-state index in [4.69, 9.17) is 13.6 Å². The van der Waals surface area contributed by atoms with E-state index >= 15 is 0 Å². The fourth-order valence-electron chi connectivity index (χ4n) is 3.16. The van der Waals surface area contributed by atoms with Gasteiger partial charge in [-0.1, -0.05) is 84.6 Å². The first-order valence-corrected chi connectivity index (χ1v) is 30.3. The van der Waals surface area contributed by atoms with Crippen LogP contribution in [0.1, 0.15) is 34.1 Å². The van der Waals surface area contributed by atoms with Crippen molar-refractivity contribution in [3.63, 3.8) is 0 Å². The Labute approximate surface area is 222 Å². The van der Waals surface area contributed by atoms with Crippen molar-refractivity contribution in [2.45, 2.75) is 130 Å². The van der Waals surface area contributed by atoms with Crippen LogP contribution in [0.4, 0.5) is 0 Å². The van der Waals surface area contributed by atoms with Crippen molar-refractivity contribution < 1.29 is 13.6 Å². The van der Waals surface area contributed by atoms with Crippen LogP contribution < -0.4 is 0 Å². The van der Waals surface area contributed by atoms with Crippen LogP contribution in [0.2, 0.25) is 95.7 Å². The highest BCUT2D eigenvalue weighted by atomic mass is 28.4. The van der Waals surface area contributed by atoms with Crippen LogP contribution in [0.3, 0.4) is 0 Å². The molecule has 0 aromatic carbocycles. The first kappa shape index (κ1) is 39.2. The molecule has 2 atom stereocenters. The zero-order chi connectivity index (χ0) is 27.7. The molecule has 0 heterocycles. The standard InChI is InChI=1S/C22H56O3Si5.C2H6.C2H4/c1-13-15-23-20-30(12,17-16-28(9,10)25-21-26(3,4)5)19-18-29(11,14-2)22-24-27(6,7)8;2*1-2/h13-22H2,1-12H3;1-2H3;1-2H2. The Balaban J connectivity index is -0.00000227. The van der Waals surface area contributed by atoms with E-state index in [1.54, 1.807) is 0 Å². The molecular weight excluding hydrogens is 501 g/mol. The largest absolute Gasteiger partial charge is 0.421 e. The molecule has 0 radical (unpaired) electrons. The first-order valence-electron chi connectivity index (χ1n) is 13.8. The predicted molar refractivity (Wildman–Crippen MR) is 173 cm³/mol. The van der Waals surface area contributed by atoms with Gasteiger partial charge in [0.05, 0.1) is 24.2 Å². The van der Waals surface area contributed by atoms with Gasteiger partial charge in [0.25, 0.3) is 0 Å². The summed E-state index contributed by atoms with van der Waals surface area (Å²) in [4.78, 5) is 0. The van der Waals surface area contributed by atoms with Gasteiger partial charge < -0.3 is 13.6 Å². The average Bonchev–Trinajstić information content (AvgIpc) is 2.76. The molecule has 0 amide bonds. The summed E-state index contributed by atoms with van der Waals surface area (Å²) in [6.45, 7) is 39.8. The summed E-state index contributed by atoms with van der Waals surface area (Å²) in [6, 6.07) is 6.80. The fraction of sp³-hybridized carbons (Fsp3) is 0.923. The molecule has 0 bridgehead atoms. The monoisotopic (exact) mass is 566 g/mol. The molecule has 0 saturated heterocycles. The van der Waals surface area contributed by atoms with Crippen molar-refractivity contribution in [3.05, 3.63) is 13.2 Å². The van der Waals surface area contributed by atoms with Crippen molar-refractivity contribution in [3.8, 4) is 0 Å². The molecular formula is C26H66O3Si5. The highest BCUT2D eigenvalue weighted by Gasteiger charge is 2.36. The summed E-state index contributed by atoms with van der Waals surface area (Å²) >= 11 is 0. The summed E-state index contributed by atoms with van der Waals surface area (Å²) in [5, 5.41) is 0. The van der Waals surface area contributed by atoms with Crippen molar-refractivity contribution in [2.24, 2.45) is 0 Å². The molecule has 0 saturated carbocycles. The maximum atomic E-state index is 6.53. The van der Waals surface area contributed by atoms with Crippen LogP contribution in [0.25, 0.3) is 0 Å². The summed E-state index contributed by atoms with van der Waals surface area (Å²) in [7, 11) is -6.93. The molecule has 34 heavy (non-hydrogen) atoms. The number of rotatable bonds is 17. The molecule has 8 heteroatoms. The molecule has 0 aromatic rings. The molecule has 0 aliphatic rings. The number of ether oxygens (including phenoxy) is 1. The van der Waals surface area contributed by atoms with Gasteiger partial charge in [-0.2, -0.15) is 0 Å². The van der Waals surface area contributed by atoms with Crippen LogP contribution in [0, 0.1) is 0 Å². The molecule has 0 aliphatic carbocycles. The highest BCUT2D eigenvalue weighted by Crippen LogP contribution is 2.30. The number of hydrogen-bond donors (Lipinski definition) is 0. The summed E-state index contributed by atoms with van der Waals surface area (Å²) in [5.74, 6) is 0. The zero-order valence-electron chi connectivity index (χ0n) is 26.2. The van der Waals surface area contributed by atoms with Crippen molar-refractivity contribution in [1.29, 1.82) is 0 Å². The minimum Gasteiger partial charge on any atom is -0.421 e. The average molecular weight is 567 g/mol. The Morgan fingerprint density at radius 2 is 1.06 bits per heavy atom. The van der Waals surface area contributed by atoms with Crippen LogP contribution in [-0.2, 0) is 13.6 Å². The van der Waals surface area contributed by atoms with Crippen molar-refractivity contribution in [2.75, 3.05) is 25.3 Å². The van der Waals surface area contributed by atoms with E-state index in [0.717, 1.165) is 31.7 Å². The molecule has 0 N–H and O–H groups in total. The molecule has 3 nitrogen and oxygen atoms in total. The lowest BCUT2D eigenvalue weighted by Crippen LogP contribution is -2.46. The topological polar surface area (TPSA) is 27.7 Å². The fourth-order valence-corrected chi connectivity index (χ4v) is 21.3. The Kier molecular flexibility index (Phi) is 21.8. The van der Waals surface area contributed by atoms with Gasteiger partial charge >= 0.3 is 0 Å². The van der Waals surface area contributed by atoms with Crippen molar-refractivity contribution in [1.82, 2.24) is 0 Å². The Morgan fingerprint density at radius 3 is 1.47 bits per heavy atom. The maximum Gasteiger partial charge on any atom is 0.185 e. The highest BCUT2D eigenvalue weighted by molar-refractivity contribution is 6.85. The molecule has 0 aliphatic heterocycles. The quantitative estimate of drug-likeness (QED) is 0.0996. The van der Waals surface area contributed by atoms with Crippen LogP contribution in [0.5, 0.6) is 0 Å². The Bertz CT molecular complexity index is 492. The van der Waals surface area contributed by atoms with Crippen LogP contribution >= 0.6 is 0 Å². The lowest BCUT2D eigenvalue weighted by atomic mass is 10.5. The SMILES string of the molecule is C=C.CC.CCCOC[Si](C)(CC[Si](C)(CC)CO[Si](C)(C)C)CC[Si](C)(C)OC[Si](C)(C)C. The third kappa shape index (κ3) is 23.1. The summed E-state index contributed by atoms with van der Waals surface area (Å²) in [5.41, 5.74) is 0. The lowest BCUT2D eigenvalue weighted by molar-refractivity contribution is 0.172. The second-order valence-electron chi connectivity index (χ2n) is 13.0. The van der Waals surface area contributed by atoms with Gasteiger partial charge in [0.2, 0.25) is 0 Å². The third-order valence-electron chi connectivity index (χ3n) is 6.06. The Morgan fingerprint density at radius 1 is 0.588 bits per heavy atom. The van der Waals surface area contributed by atoms with Gasteiger partial charge in [0, 0.05) is 25.3 Å². The van der Waals surface area contributed by atoms with Gasteiger partial charge in [-0.15, -0.1) is 13.2 Å². The van der Waals surface area contributed by atoms with Crippen LogP contribution in [0.15, 0.2) is 13.2 Å². The minimum atomic E-state index is -1.59. The summed E-state index contributed by atoms with van der Waals surface area (Å²) in [6.07, 6.45) is 4.22. The second kappa shape index (κ2) is 18.9. The van der Waals surface area contributed by atoms with E-state index in [-0.39, 0.29) is 0 Å². The normalized spacial score (nSPS) is 15.8. The maximum absolute atomic E-state index is 6.53. The summed E-state index contributed by atoms with van der Waals surface area (Å²) < 4.78 is 19.1. The van der Waals surface area contributed by atoms with Crippen molar-refractivity contribution >= 4 is 40.9 Å². The predicted octanol–water partition coefficient (Wildman–Crippen LogP) is 9.45. The van der Waals surface area contributed by atoms with E-state index in [2.05, 4.69) is 92.5 Å². The minimum absolute atomic E-state index is 0.913. The molecule has 0 fully saturated rings. The first-order chi connectivity index (χ1) is 15.4. The lowest BCUT2D eigenvalue weighted by Gasteiger charge is -2.36. The second-order valence-corrected chi connectivity index (χ2v) is 37.3. The third-order valence-corrected chi connectivity index (χ3v) is 19.9. The number of hydrogen-bond acceptors (Lipinski definition) is 3. The van der Waals surface area contributed by atoms with E-state index in [9.17, 15) is 0 Å². The Hall–Kier alpha value is 0.704. The van der Waals surface area contributed by atoms with E-state index < -0.39 is 40.9 Å². The van der Waals surface area contributed by atoms with Gasteiger partial charge in [-0.25, -0.2) is 0 Å².